The van der Waals surface area contributed by atoms with Gasteiger partial charge in [-0.15, -0.1) is 0 Å². The SMILES string of the molecule is CNCCN(C)Cc1c[nH]nc1[C@H]1CC[C@H](C(=O)N(CCCOC)CCC(C)C)CC1. The number of H-pyrrole nitrogens is 1. The van der Waals surface area contributed by atoms with Crippen LogP contribution in [-0.4, -0.2) is 79.9 Å². The van der Waals surface area contributed by atoms with E-state index in [0.29, 0.717) is 24.3 Å². The Balaban J connectivity index is 1.90. The van der Waals surface area contributed by atoms with Gasteiger partial charge in [-0.05, 0) is 58.5 Å². The first kappa shape index (κ1) is 25.8. The van der Waals surface area contributed by atoms with Gasteiger partial charge < -0.3 is 19.9 Å². The Labute approximate surface area is 189 Å². The normalized spacial score (nSPS) is 19.3. The molecule has 0 saturated heterocycles. The number of ether oxygens (including phenoxy) is 1. The Morgan fingerprint density at radius 1 is 1.26 bits per heavy atom. The summed E-state index contributed by atoms with van der Waals surface area (Å²) in [7, 11) is 5.86. The van der Waals surface area contributed by atoms with Crippen LogP contribution in [0.3, 0.4) is 0 Å². The molecule has 0 radical (unpaired) electrons. The Hall–Kier alpha value is -1.44. The second-order valence-electron chi connectivity index (χ2n) is 9.54. The summed E-state index contributed by atoms with van der Waals surface area (Å²) in [5.41, 5.74) is 2.51. The topological polar surface area (TPSA) is 73.5 Å². The number of rotatable bonds is 14. The van der Waals surface area contributed by atoms with Crippen molar-refractivity contribution in [3.63, 3.8) is 0 Å². The highest BCUT2D eigenvalue weighted by molar-refractivity contribution is 5.79. The van der Waals surface area contributed by atoms with Crippen molar-refractivity contribution in [1.29, 1.82) is 0 Å². The number of amides is 1. The van der Waals surface area contributed by atoms with Crippen molar-refractivity contribution >= 4 is 5.91 Å². The van der Waals surface area contributed by atoms with Crippen LogP contribution in [0.5, 0.6) is 0 Å². The third kappa shape index (κ3) is 8.54. The van der Waals surface area contributed by atoms with Crippen molar-refractivity contribution in [2.75, 3.05) is 54.0 Å². The fraction of sp³-hybridized carbons (Fsp3) is 0.833. The number of carbonyl (C=O) groups excluding carboxylic acids is 1. The molecule has 1 aromatic heterocycles. The van der Waals surface area contributed by atoms with Gasteiger partial charge in [0, 0.05) is 70.0 Å². The molecule has 1 amide bonds. The monoisotopic (exact) mass is 435 g/mol. The molecular formula is C24H45N5O2. The van der Waals surface area contributed by atoms with E-state index in [1.165, 1.54) is 11.3 Å². The summed E-state index contributed by atoms with van der Waals surface area (Å²) in [5.74, 6) is 1.58. The number of hydrogen-bond donors (Lipinski definition) is 2. The van der Waals surface area contributed by atoms with E-state index in [2.05, 4.69) is 46.2 Å². The molecule has 7 nitrogen and oxygen atoms in total. The number of likely N-dealkylation sites (N-methyl/N-ethyl adjacent to an activating group) is 2. The van der Waals surface area contributed by atoms with E-state index >= 15 is 0 Å². The second kappa shape index (κ2) is 13.9. The minimum absolute atomic E-state index is 0.159. The predicted octanol–water partition coefficient (Wildman–Crippen LogP) is 3.25. The van der Waals surface area contributed by atoms with E-state index in [9.17, 15) is 4.79 Å². The third-order valence-electron chi connectivity index (χ3n) is 6.46. The van der Waals surface area contributed by atoms with Crippen molar-refractivity contribution in [3.8, 4) is 0 Å². The predicted molar refractivity (Wildman–Crippen MR) is 126 cm³/mol. The Kier molecular flexibility index (Phi) is 11.5. The molecule has 0 bridgehead atoms. The first-order chi connectivity index (χ1) is 15.0. The molecule has 0 aromatic carbocycles. The van der Waals surface area contributed by atoms with Crippen molar-refractivity contribution in [2.24, 2.45) is 11.8 Å². The van der Waals surface area contributed by atoms with Gasteiger partial charge in [-0.25, -0.2) is 0 Å². The van der Waals surface area contributed by atoms with Crippen molar-refractivity contribution < 1.29 is 9.53 Å². The standard InChI is InChI=1S/C24H45N5O2/c1-19(2)11-14-29(13-6-16-31-5)24(30)21-9-7-20(8-10-21)23-22(17-26-27-23)18-28(4)15-12-25-3/h17,19-21,25H,6-16,18H2,1-5H3,(H,26,27)/t20-,21-. The first-order valence-corrected chi connectivity index (χ1v) is 12.1. The minimum Gasteiger partial charge on any atom is -0.385 e. The molecule has 178 valence electrons. The van der Waals surface area contributed by atoms with Crippen molar-refractivity contribution in [3.05, 3.63) is 17.5 Å². The summed E-state index contributed by atoms with van der Waals surface area (Å²) in [6.07, 6.45) is 8.04. The Morgan fingerprint density at radius 3 is 2.65 bits per heavy atom. The lowest BCUT2D eigenvalue weighted by Gasteiger charge is -2.32. The smallest absolute Gasteiger partial charge is 0.225 e. The lowest BCUT2D eigenvalue weighted by Crippen LogP contribution is -2.39. The highest BCUT2D eigenvalue weighted by atomic mass is 16.5. The summed E-state index contributed by atoms with van der Waals surface area (Å²) >= 11 is 0. The van der Waals surface area contributed by atoms with Crippen LogP contribution in [0.15, 0.2) is 6.20 Å². The van der Waals surface area contributed by atoms with Gasteiger partial charge in [-0.3, -0.25) is 9.89 Å². The Morgan fingerprint density at radius 2 is 2.00 bits per heavy atom. The molecule has 1 aliphatic rings. The molecule has 2 rings (SSSR count). The highest BCUT2D eigenvalue weighted by Crippen LogP contribution is 2.37. The van der Waals surface area contributed by atoms with Crippen LogP contribution < -0.4 is 5.32 Å². The molecule has 1 heterocycles. The van der Waals surface area contributed by atoms with Crippen LogP contribution in [-0.2, 0) is 16.1 Å². The lowest BCUT2D eigenvalue weighted by atomic mass is 9.79. The number of hydrogen-bond acceptors (Lipinski definition) is 5. The maximum Gasteiger partial charge on any atom is 0.225 e. The van der Waals surface area contributed by atoms with Crippen LogP contribution in [0.1, 0.15) is 69.5 Å². The summed E-state index contributed by atoms with van der Waals surface area (Å²) in [5, 5.41) is 10.9. The van der Waals surface area contributed by atoms with Gasteiger partial charge in [0.1, 0.15) is 0 Å². The van der Waals surface area contributed by atoms with Gasteiger partial charge in [0.2, 0.25) is 5.91 Å². The molecule has 0 aliphatic heterocycles. The van der Waals surface area contributed by atoms with Gasteiger partial charge >= 0.3 is 0 Å². The number of aromatic amines is 1. The van der Waals surface area contributed by atoms with E-state index in [-0.39, 0.29) is 5.92 Å². The number of nitrogens with one attached hydrogen (secondary N) is 2. The molecule has 0 unspecified atom stereocenters. The maximum absolute atomic E-state index is 13.3. The van der Waals surface area contributed by atoms with Gasteiger partial charge in [0.05, 0.1) is 5.69 Å². The fourth-order valence-corrected chi connectivity index (χ4v) is 4.50. The summed E-state index contributed by atoms with van der Waals surface area (Å²) < 4.78 is 5.20. The van der Waals surface area contributed by atoms with E-state index in [1.54, 1.807) is 7.11 Å². The van der Waals surface area contributed by atoms with Crippen LogP contribution >= 0.6 is 0 Å². The van der Waals surface area contributed by atoms with E-state index in [0.717, 1.165) is 71.2 Å². The molecule has 0 spiro atoms. The van der Waals surface area contributed by atoms with Gasteiger partial charge in [0.25, 0.3) is 0 Å². The van der Waals surface area contributed by atoms with Crippen molar-refractivity contribution in [2.45, 2.75) is 64.8 Å². The number of methoxy groups -OCH3 is 1. The van der Waals surface area contributed by atoms with Gasteiger partial charge in [-0.1, -0.05) is 13.8 Å². The van der Waals surface area contributed by atoms with Crippen LogP contribution in [0, 0.1) is 11.8 Å². The molecule has 1 aromatic rings. The maximum atomic E-state index is 13.3. The quantitative estimate of drug-likeness (QED) is 0.439. The van der Waals surface area contributed by atoms with Gasteiger partial charge in [-0.2, -0.15) is 5.10 Å². The highest BCUT2D eigenvalue weighted by Gasteiger charge is 2.31. The molecule has 1 fully saturated rings. The van der Waals surface area contributed by atoms with Crippen LogP contribution in [0.25, 0.3) is 0 Å². The lowest BCUT2D eigenvalue weighted by molar-refractivity contribution is -0.137. The average molecular weight is 436 g/mol. The molecule has 1 saturated carbocycles. The number of carbonyl (C=O) groups is 1. The summed E-state index contributed by atoms with van der Waals surface area (Å²) in [6.45, 7) is 9.73. The largest absolute Gasteiger partial charge is 0.385 e. The molecule has 7 heteroatoms. The average Bonchev–Trinajstić information content (AvgIpc) is 3.22. The molecule has 31 heavy (non-hydrogen) atoms. The van der Waals surface area contributed by atoms with Gasteiger partial charge in [0.15, 0.2) is 0 Å². The van der Waals surface area contributed by atoms with Crippen LogP contribution in [0.4, 0.5) is 0 Å². The van der Waals surface area contributed by atoms with Crippen molar-refractivity contribution in [1.82, 2.24) is 25.3 Å². The zero-order chi connectivity index (χ0) is 22.6. The number of aromatic nitrogens is 2. The van der Waals surface area contributed by atoms with E-state index < -0.39 is 0 Å². The minimum atomic E-state index is 0.159. The zero-order valence-electron chi connectivity index (χ0n) is 20.5. The molecule has 2 N–H and O–H groups in total. The molecule has 0 atom stereocenters. The molecule has 1 aliphatic carbocycles. The fourth-order valence-electron chi connectivity index (χ4n) is 4.50. The molecular weight excluding hydrogens is 390 g/mol. The number of nitrogens with zero attached hydrogens (tertiary/aromatic N) is 3. The first-order valence-electron chi connectivity index (χ1n) is 12.1. The summed E-state index contributed by atoms with van der Waals surface area (Å²) in [4.78, 5) is 17.7. The summed E-state index contributed by atoms with van der Waals surface area (Å²) in [6, 6.07) is 0. The Bertz CT molecular complexity index is 625. The van der Waals surface area contributed by atoms with E-state index in [1.807, 2.05) is 13.2 Å². The zero-order valence-corrected chi connectivity index (χ0v) is 20.5. The van der Waals surface area contributed by atoms with E-state index in [4.69, 9.17) is 4.74 Å². The second-order valence-corrected chi connectivity index (χ2v) is 9.54. The van der Waals surface area contributed by atoms with Crippen LogP contribution in [0.2, 0.25) is 0 Å². The third-order valence-corrected chi connectivity index (χ3v) is 6.46.